The van der Waals surface area contributed by atoms with E-state index in [-0.39, 0.29) is 0 Å². The average molecular weight is 208 g/mol. The van der Waals surface area contributed by atoms with Gasteiger partial charge in [-0.2, -0.15) is 0 Å². The molecule has 0 fully saturated rings. The highest BCUT2D eigenvalue weighted by Gasteiger charge is 2.06. The van der Waals surface area contributed by atoms with E-state index in [4.69, 9.17) is 0 Å². The van der Waals surface area contributed by atoms with Crippen LogP contribution in [0.1, 0.15) is 19.4 Å². The lowest BCUT2D eigenvalue weighted by Crippen LogP contribution is -1.90. The molecule has 0 aromatic heterocycles. The first kappa shape index (κ1) is 10.7. The lowest BCUT2D eigenvalue weighted by atomic mass is 9.93. The van der Waals surface area contributed by atoms with Gasteiger partial charge in [0.2, 0.25) is 0 Å². The maximum atomic E-state index is 2.16. The number of allylic oxidation sites excluding steroid dienone is 8. The van der Waals surface area contributed by atoms with Crippen LogP contribution in [-0.2, 0) is 0 Å². The molecule has 0 heteroatoms. The van der Waals surface area contributed by atoms with E-state index in [2.05, 4.69) is 74.6 Å². The van der Waals surface area contributed by atoms with Gasteiger partial charge >= 0.3 is 0 Å². The predicted molar refractivity (Wildman–Crippen MR) is 71.1 cm³/mol. The Labute approximate surface area is 97.3 Å². The minimum atomic E-state index is 1.29. The highest BCUT2D eigenvalue weighted by atomic mass is 14.1. The molecule has 0 nitrogen and oxygen atoms in total. The van der Waals surface area contributed by atoms with Crippen molar-refractivity contribution in [3.63, 3.8) is 0 Å². The van der Waals surface area contributed by atoms with Crippen LogP contribution < -0.4 is 0 Å². The summed E-state index contributed by atoms with van der Waals surface area (Å²) < 4.78 is 0. The molecule has 80 valence electrons. The minimum absolute atomic E-state index is 1.29. The lowest BCUT2D eigenvalue weighted by molar-refractivity contribution is 1.41. The standard InChI is InChI=1S/C16H16/c1-13-9-5-3-6-10-14(2)16(13)15-11-7-4-8-12-15/h3-12H,1-2H3/b5-3-,6-3?,9-5?,10-6-,13-9-,14-10?,16-13?,16-14+. The first-order valence-electron chi connectivity index (χ1n) is 5.57. The van der Waals surface area contributed by atoms with Gasteiger partial charge in [0.05, 0.1) is 0 Å². The second-order valence-corrected chi connectivity index (χ2v) is 4.02. The molecule has 0 bridgehead atoms. The third kappa shape index (κ3) is 2.22. The van der Waals surface area contributed by atoms with Crippen LogP contribution in [0.4, 0.5) is 0 Å². The first-order chi connectivity index (χ1) is 7.79. The molecular weight excluding hydrogens is 192 g/mol. The molecule has 0 spiro atoms. The molecule has 0 amide bonds. The first-order valence-corrected chi connectivity index (χ1v) is 5.57. The Balaban J connectivity index is 2.56. The largest absolute Gasteiger partial charge is 0.0622 e. The monoisotopic (exact) mass is 208 g/mol. The normalized spacial score (nSPS) is 27.5. The number of rotatable bonds is 1. The quantitative estimate of drug-likeness (QED) is 0.636. The molecule has 0 heterocycles. The third-order valence-corrected chi connectivity index (χ3v) is 2.77. The molecule has 0 saturated heterocycles. The van der Waals surface area contributed by atoms with Crippen LogP contribution in [-0.4, -0.2) is 0 Å². The van der Waals surface area contributed by atoms with Crippen LogP contribution in [0.2, 0.25) is 0 Å². The summed E-state index contributed by atoms with van der Waals surface area (Å²) in [7, 11) is 0. The van der Waals surface area contributed by atoms with Crippen molar-refractivity contribution >= 4 is 5.57 Å². The fraction of sp³-hybridized carbons (Fsp3) is 0.125. The maximum Gasteiger partial charge on any atom is -0.0125 e. The Morgan fingerprint density at radius 1 is 0.812 bits per heavy atom. The van der Waals surface area contributed by atoms with Crippen LogP contribution >= 0.6 is 0 Å². The summed E-state index contributed by atoms with van der Waals surface area (Å²) in [5.74, 6) is 0. The van der Waals surface area contributed by atoms with Gasteiger partial charge in [0.15, 0.2) is 0 Å². The van der Waals surface area contributed by atoms with Gasteiger partial charge in [0.1, 0.15) is 0 Å². The molecule has 0 unspecified atom stereocenters. The number of hydrogen-bond donors (Lipinski definition) is 0. The summed E-state index contributed by atoms with van der Waals surface area (Å²) in [6.45, 7) is 4.32. The van der Waals surface area contributed by atoms with E-state index in [9.17, 15) is 0 Å². The van der Waals surface area contributed by atoms with Gasteiger partial charge in [-0.3, -0.25) is 0 Å². The van der Waals surface area contributed by atoms with Crippen molar-refractivity contribution in [1.29, 1.82) is 0 Å². The van der Waals surface area contributed by atoms with Gasteiger partial charge in [-0.05, 0) is 36.1 Å². The zero-order chi connectivity index (χ0) is 11.4. The molecule has 0 N–H and O–H groups in total. The molecule has 16 heavy (non-hydrogen) atoms. The van der Waals surface area contributed by atoms with Crippen LogP contribution in [0.3, 0.4) is 0 Å². The summed E-state index contributed by atoms with van der Waals surface area (Å²) in [6.07, 6.45) is 10.6. The predicted octanol–water partition coefficient (Wildman–Crippen LogP) is 4.53. The van der Waals surface area contributed by atoms with Crippen LogP contribution in [0.25, 0.3) is 5.57 Å². The van der Waals surface area contributed by atoms with Crippen LogP contribution in [0, 0.1) is 0 Å². The summed E-state index contributed by atoms with van der Waals surface area (Å²) in [5, 5.41) is 0. The fourth-order valence-electron chi connectivity index (χ4n) is 2.00. The molecule has 1 aromatic carbocycles. The third-order valence-electron chi connectivity index (χ3n) is 2.77. The van der Waals surface area contributed by atoms with Gasteiger partial charge in [-0.15, -0.1) is 0 Å². The molecule has 1 aliphatic rings. The Morgan fingerprint density at radius 3 is 2.31 bits per heavy atom. The van der Waals surface area contributed by atoms with Gasteiger partial charge in [-0.1, -0.05) is 60.7 Å². The van der Waals surface area contributed by atoms with E-state index in [0.717, 1.165) is 0 Å². The number of hydrogen-bond acceptors (Lipinski definition) is 0. The molecule has 1 aliphatic carbocycles. The molecule has 0 atom stereocenters. The van der Waals surface area contributed by atoms with Crippen LogP contribution in [0.15, 0.2) is 71.9 Å². The second kappa shape index (κ2) is 4.80. The summed E-state index contributed by atoms with van der Waals surface area (Å²) >= 11 is 0. The van der Waals surface area contributed by atoms with E-state index in [1.165, 1.54) is 22.3 Å². The highest BCUT2D eigenvalue weighted by Crippen LogP contribution is 2.27. The highest BCUT2D eigenvalue weighted by molar-refractivity contribution is 5.82. The van der Waals surface area contributed by atoms with E-state index in [1.807, 2.05) is 0 Å². The van der Waals surface area contributed by atoms with E-state index >= 15 is 0 Å². The minimum Gasteiger partial charge on any atom is -0.0622 e. The Bertz CT molecular complexity index is 482. The smallest absolute Gasteiger partial charge is 0.0125 e. The van der Waals surface area contributed by atoms with Crippen LogP contribution in [0.5, 0.6) is 0 Å². The van der Waals surface area contributed by atoms with Gasteiger partial charge < -0.3 is 0 Å². The van der Waals surface area contributed by atoms with Gasteiger partial charge in [0.25, 0.3) is 0 Å². The number of benzene rings is 1. The SMILES string of the molecule is CC1=C/C=C\C=C/C(C)=C\1c1ccccc1. The molecule has 0 radical (unpaired) electrons. The van der Waals surface area contributed by atoms with Crippen molar-refractivity contribution in [2.45, 2.75) is 13.8 Å². The fourth-order valence-corrected chi connectivity index (χ4v) is 2.00. The van der Waals surface area contributed by atoms with Crippen molar-refractivity contribution in [3.05, 3.63) is 77.4 Å². The molecule has 2 rings (SSSR count). The Kier molecular flexibility index (Phi) is 3.21. The van der Waals surface area contributed by atoms with E-state index < -0.39 is 0 Å². The topological polar surface area (TPSA) is 0 Å². The second-order valence-electron chi connectivity index (χ2n) is 4.02. The van der Waals surface area contributed by atoms with Crippen molar-refractivity contribution in [1.82, 2.24) is 0 Å². The average Bonchev–Trinajstić information content (AvgIpc) is 2.28. The van der Waals surface area contributed by atoms with Crippen molar-refractivity contribution in [2.75, 3.05) is 0 Å². The Hall–Kier alpha value is -1.82. The van der Waals surface area contributed by atoms with E-state index in [0.29, 0.717) is 0 Å². The van der Waals surface area contributed by atoms with Gasteiger partial charge in [0, 0.05) is 0 Å². The zero-order valence-electron chi connectivity index (χ0n) is 9.77. The summed E-state index contributed by atoms with van der Waals surface area (Å²) in [4.78, 5) is 0. The molecule has 0 saturated carbocycles. The van der Waals surface area contributed by atoms with Crippen molar-refractivity contribution in [3.8, 4) is 0 Å². The van der Waals surface area contributed by atoms with Gasteiger partial charge in [-0.25, -0.2) is 0 Å². The van der Waals surface area contributed by atoms with Crippen molar-refractivity contribution < 1.29 is 0 Å². The Morgan fingerprint density at radius 2 is 1.56 bits per heavy atom. The summed E-state index contributed by atoms with van der Waals surface area (Å²) in [5.41, 5.74) is 5.24. The zero-order valence-corrected chi connectivity index (χ0v) is 9.77. The van der Waals surface area contributed by atoms with Crippen molar-refractivity contribution in [2.24, 2.45) is 0 Å². The maximum absolute atomic E-state index is 2.16. The van der Waals surface area contributed by atoms with E-state index in [1.54, 1.807) is 0 Å². The molecule has 0 aliphatic heterocycles. The summed E-state index contributed by atoms with van der Waals surface area (Å²) in [6, 6.07) is 10.5. The molecule has 1 aromatic rings. The lowest BCUT2D eigenvalue weighted by Gasteiger charge is -2.12. The molecular formula is C16H16.